The van der Waals surface area contributed by atoms with Crippen LogP contribution in [0, 0.1) is 0 Å². The van der Waals surface area contributed by atoms with Gasteiger partial charge in [-0.25, -0.2) is 4.59 Å². The summed E-state index contributed by atoms with van der Waals surface area (Å²) in [6.45, 7) is 0. The van der Waals surface area contributed by atoms with Crippen LogP contribution in [0.3, 0.4) is 0 Å². The number of aryl methyl sites for hydroxylation is 1. The maximum atomic E-state index is 4.70. The molecule has 0 aromatic heterocycles. The topological polar surface area (TPSA) is 12.4 Å². The lowest BCUT2D eigenvalue weighted by Gasteiger charge is -2.16. The van der Waals surface area contributed by atoms with Gasteiger partial charge in [0.1, 0.15) is 5.71 Å². The summed E-state index contributed by atoms with van der Waals surface area (Å²) in [5, 5.41) is 4.70. The Morgan fingerprint density at radius 3 is 2.40 bits per heavy atom. The first-order valence-corrected chi connectivity index (χ1v) is 5.05. The van der Waals surface area contributed by atoms with Crippen LogP contribution in [0.5, 0.6) is 0 Å². The Morgan fingerprint density at radius 2 is 1.73 bits per heavy atom. The van der Waals surface area contributed by atoms with Crippen molar-refractivity contribution in [2.45, 2.75) is 12.8 Å². The van der Waals surface area contributed by atoms with Crippen molar-refractivity contribution < 1.29 is 28.6 Å². The molecule has 2 rings (SSSR count). The highest BCUT2D eigenvalue weighted by Crippen LogP contribution is 2.22. The highest BCUT2D eigenvalue weighted by Gasteiger charge is 2.20. The smallest absolute Gasteiger partial charge is 0.104 e. The Morgan fingerprint density at radius 1 is 1.07 bits per heavy atom. The molecule has 0 heterocycles. The molecule has 3 heteroatoms. The van der Waals surface area contributed by atoms with Crippen molar-refractivity contribution in [1.82, 2.24) is 0 Å². The van der Waals surface area contributed by atoms with Crippen LogP contribution in [0.15, 0.2) is 29.4 Å². The quantitative estimate of drug-likeness (QED) is 0.360. The van der Waals surface area contributed by atoms with Crippen LogP contribution in [-0.4, -0.2) is 31.4 Å². The minimum absolute atomic E-state index is 0. The van der Waals surface area contributed by atoms with Crippen LogP contribution in [0.4, 0.5) is 0 Å². The Balaban J connectivity index is 0.00000112. The van der Waals surface area contributed by atoms with Gasteiger partial charge in [0, 0.05) is 5.56 Å². The second-order valence-electron chi connectivity index (χ2n) is 4.65. The van der Waals surface area contributed by atoms with E-state index >= 15 is 0 Å². The van der Waals surface area contributed by atoms with Gasteiger partial charge in [0.05, 0.1) is 21.1 Å². The SMILES string of the molecule is C[N+](C)(C)N=C1CCc2ccccc21.[I-]. The number of rotatable bonds is 1. The van der Waals surface area contributed by atoms with Gasteiger partial charge in [-0.2, -0.15) is 0 Å². The van der Waals surface area contributed by atoms with Crippen LogP contribution in [0.25, 0.3) is 0 Å². The molecule has 0 saturated heterocycles. The summed E-state index contributed by atoms with van der Waals surface area (Å²) >= 11 is 0. The second-order valence-corrected chi connectivity index (χ2v) is 4.65. The van der Waals surface area contributed by atoms with Crippen molar-refractivity contribution >= 4 is 5.71 Å². The fourth-order valence-electron chi connectivity index (χ4n) is 1.87. The average Bonchev–Trinajstić information content (AvgIpc) is 2.47. The van der Waals surface area contributed by atoms with Crippen molar-refractivity contribution in [3.05, 3.63) is 35.4 Å². The summed E-state index contributed by atoms with van der Waals surface area (Å²) in [4.78, 5) is 0. The number of fused-ring (bicyclic) bond motifs is 1. The van der Waals surface area contributed by atoms with Gasteiger partial charge in [0.15, 0.2) is 0 Å². The predicted molar refractivity (Wildman–Crippen MR) is 59.3 cm³/mol. The molecular weight excluding hydrogens is 299 g/mol. The predicted octanol–water partition coefficient (Wildman–Crippen LogP) is -0.953. The molecule has 2 nitrogen and oxygen atoms in total. The Hall–Kier alpha value is -0.420. The largest absolute Gasteiger partial charge is 1.00 e. The first-order chi connectivity index (χ1) is 6.56. The van der Waals surface area contributed by atoms with E-state index in [0.717, 1.165) is 12.8 Å². The van der Waals surface area contributed by atoms with E-state index in [0.29, 0.717) is 4.59 Å². The first-order valence-electron chi connectivity index (χ1n) is 5.05. The van der Waals surface area contributed by atoms with Gasteiger partial charge < -0.3 is 24.0 Å². The third kappa shape index (κ3) is 3.01. The zero-order valence-electron chi connectivity index (χ0n) is 9.50. The van der Waals surface area contributed by atoms with Crippen molar-refractivity contribution in [2.24, 2.45) is 5.10 Å². The van der Waals surface area contributed by atoms with Crippen LogP contribution in [-0.2, 0) is 6.42 Å². The number of hydrogen-bond acceptors (Lipinski definition) is 1. The number of quaternary nitrogens is 1. The van der Waals surface area contributed by atoms with Gasteiger partial charge >= 0.3 is 0 Å². The second kappa shape index (κ2) is 4.61. The van der Waals surface area contributed by atoms with E-state index in [1.165, 1.54) is 16.8 Å². The molecule has 82 valence electrons. The number of benzene rings is 1. The summed E-state index contributed by atoms with van der Waals surface area (Å²) in [6, 6.07) is 8.58. The lowest BCUT2D eigenvalue weighted by atomic mass is 10.1. The molecule has 15 heavy (non-hydrogen) atoms. The summed E-state index contributed by atoms with van der Waals surface area (Å²) < 4.78 is 0.656. The van der Waals surface area contributed by atoms with Gasteiger partial charge in [-0.05, 0) is 18.4 Å². The number of nitrogens with zero attached hydrogens (tertiary/aromatic N) is 2. The summed E-state index contributed by atoms with van der Waals surface area (Å²) in [6.07, 6.45) is 2.24. The zero-order valence-corrected chi connectivity index (χ0v) is 11.7. The van der Waals surface area contributed by atoms with Crippen molar-refractivity contribution in [3.8, 4) is 0 Å². The molecule has 0 aliphatic heterocycles. The summed E-state index contributed by atoms with van der Waals surface area (Å²) in [7, 11) is 6.27. The summed E-state index contributed by atoms with van der Waals surface area (Å²) in [5.41, 5.74) is 4.05. The highest BCUT2D eigenvalue weighted by atomic mass is 127. The van der Waals surface area contributed by atoms with Crippen molar-refractivity contribution in [1.29, 1.82) is 0 Å². The van der Waals surface area contributed by atoms with Crippen LogP contribution >= 0.6 is 0 Å². The van der Waals surface area contributed by atoms with E-state index in [4.69, 9.17) is 5.10 Å². The lowest BCUT2D eigenvalue weighted by molar-refractivity contribution is -0.877. The zero-order chi connectivity index (χ0) is 10.2. The maximum Gasteiger partial charge on any atom is 0.104 e. The molecule has 1 aliphatic carbocycles. The van der Waals surface area contributed by atoms with E-state index in [-0.39, 0.29) is 24.0 Å². The molecule has 1 aromatic rings. The minimum Gasteiger partial charge on any atom is -1.00 e. The minimum atomic E-state index is 0. The number of halogens is 1. The Bertz CT molecular complexity index is 377. The van der Waals surface area contributed by atoms with Gasteiger partial charge in [0.25, 0.3) is 0 Å². The molecular formula is C12H17IN2. The standard InChI is InChI=1S/C12H17N2.HI/c1-14(2,3)13-12-9-8-10-6-4-5-7-11(10)12;/h4-7H,8-9H2,1-3H3;1H/q+1;/p-1. The molecule has 1 aliphatic rings. The van der Waals surface area contributed by atoms with Gasteiger partial charge in [-0.15, -0.1) is 0 Å². The van der Waals surface area contributed by atoms with Gasteiger partial charge in [-0.3, -0.25) is 0 Å². The number of hydrogen-bond donors (Lipinski definition) is 0. The monoisotopic (exact) mass is 316 g/mol. The molecule has 0 amide bonds. The fraction of sp³-hybridized carbons (Fsp3) is 0.417. The van der Waals surface area contributed by atoms with E-state index in [2.05, 4.69) is 45.4 Å². The van der Waals surface area contributed by atoms with Crippen molar-refractivity contribution in [2.75, 3.05) is 21.1 Å². The molecule has 1 aromatic carbocycles. The molecule has 0 unspecified atom stereocenters. The molecule has 0 fully saturated rings. The maximum absolute atomic E-state index is 4.70. The third-order valence-electron chi connectivity index (χ3n) is 2.38. The molecule has 0 saturated carbocycles. The van der Waals surface area contributed by atoms with E-state index < -0.39 is 0 Å². The van der Waals surface area contributed by atoms with Gasteiger partial charge in [0.2, 0.25) is 0 Å². The third-order valence-corrected chi connectivity index (χ3v) is 2.38. The van der Waals surface area contributed by atoms with E-state index in [1.54, 1.807) is 0 Å². The van der Waals surface area contributed by atoms with E-state index in [1.807, 2.05) is 0 Å². The molecule has 0 bridgehead atoms. The van der Waals surface area contributed by atoms with Crippen molar-refractivity contribution in [3.63, 3.8) is 0 Å². The van der Waals surface area contributed by atoms with E-state index in [9.17, 15) is 0 Å². The summed E-state index contributed by atoms with van der Waals surface area (Å²) in [5.74, 6) is 0. The van der Waals surface area contributed by atoms with Crippen LogP contribution < -0.4 is 24.0 Å². The molecule has 0 spiro atoms. The Labute approximate surface area is 109 Å². The molecule has 0 radical (unpaired) electrons. The molecule has 0 N–H and O–H groups in total. The van der Waals surface area contributed by atoms with Gasteiger partial charge in [-0.1, -0.05) is 29.4 Å². The lowest BCUT2D eigenvalue weighted by Crippen LogP contribution is -3.00. The Kier molecular flexibility index (Phi) is 3.89. The normalized spacial score (nSPS) is 17.4. The average molecular weight is 316 g/mol. The van der Waals surface area contributed by atoms with Crippen LogP contribution in [0.1, 0.15) is 17.5 Å². The van der Waals surface area contributed by atoms with Crippen LogP contribution in [0.2, 0.25) is 0 Å². The molecule has 0 atom stereocenters. The highest BCUT2D eigenvalue weighted by molar-refractivity contribution is 6.04. The fourth-order valence-corrected chi connectivity index (χ4v) is 1.87. The first kappa shape index (κ1) is 12.6.